The Labute approximate surface area is 175 Å². The normalized spacial score (nSPS) is 18.2. The average Bonchev–Trinajstić information content (AvgIpc) is 3.02. The Bertz CT molecular complexity index is 972. The Morgan fingerprint density at radius 3 is 2.57 bits per heavy atom. The minimum absolute atomic E-state index is 0.00157. The molecule has 1 saturated heterocycles. The van der Waals surface area contributed by atoms with E-state index in [1.165, 1.54) is 19.1 Å². The lowest BCUT2D eigenvalue weighted by Crippen LogP contribution is -2.35. The number of aliphatic hydroxyl groups excluding tert-OH is 1. The Balaban J connectivity index is 2.20. The first-order chi connectivity index (χ1) is 14.4. The number of carbonyl (C=O) groups excluding carboxylic acids is 2. The van der Waals surface area contributed by atoms with Gasteiger partial charge in [0.2, 0.25) is 0 Å². The SMILES string of the molecule is COc1ccc(OC)c(/C(O)=C2\C(=O)C(=O)N(CCN(C)C)C2c2cccnc2)c1. The van der Waals surface area contributed by atoms with E-state index in [1.54, 1.807) is 42.7 Å². The van der Waals surface area contributed by atoms with Crippen LogP contribution < -0.4 is 9.47 Å². The van der Waals surface area contributed by atoms with Gasteiger partial charge in [-0.1, -0.05) is 6.07 Å². The Morgan fingerprint density at radius 2 is 1.97 bits per heavy atom. The zero-order valence-electron chi connectivity index (χ0n) is 17.5. The van der Waals surface area contributed by atoms with Gasteiger partial charge >= 0.3 is 0 Å². The molecule has 158 valence electrons. The van der Waals surface area contributed by atoms with Crippen LogP contribution in [0.5, 0.6) is 11.5 Å². The van der Waals surface area contributed by atoms with Crippen LogP contribution in [0.1, 0.15) is 17.2 Å². The molecule has 1 aromatic heterocycles. The number of rotatable bonds is 7. The number of benzene rings is 1. The van der Waals surface area contributed by atoms with E-state index in [1.807, 2.05) is 19.0 Å². The van der Waals surface area contributed by atoms with Gasteiger partial charge in [0, 0.05) is 25.5 Å². The van der Waals surface area contributed by atoms with Crippen molar-refractivity contribution in [2.45, 2.75) is 6.04 Å². The molecule has 0 spiro atoms. The molecule has 2 heterocycles. The van der Waals surface area contributed by atoms with E-state index >= 15 is 0 Å². The number of aromatic nitrogens is 1. The fourth-order valence-electron chi connectivity index (χ4n) is 3.45. The predicted octanol–water partition coefficient (Wildman–Crippen LogP) is 2.08. The van der Waals surface area contributed by atoms with Crippen molar-refractivity contribution >= 4 is 17.4 Å². The van der Waals surface area contributed by atoms with Crippen molar-refractivity contribution in [2.24, 2.45) is 0 Å². The number of nitrogens with zero attached hydrogens (tertiary/aromatic N) is 3. The Morgan fingerprint density at radius 1 is 1.20 bits per heavy atom. The fraction of sp³-hybridized carbons (Fsp3) is 0.318. The highest BCUT2D eigenvalue weighted by Crippen LogP contribution is 2.41. The first kappa shape index (κ1) is 21.3. The van der Waals surface area contributed by atoms with Crippen molar-refractivity contribution < 1.29 is 24.2 Å². The smallest absolute Gasteiger partial charge is 0.295 e. The van der Waals surface area contributed by atoms with E-state index in [-0.39, 0.29) is 16.9 Å². The summed E-state index contributed by atoms with van der Waals surface area (Å²) in [5.74, 6) is -0.876. The van der Waals surface area contributed by atoms with Crippen LogP contribution in [0.25, 0.3) is 5.76 Å². The molecule has 0 saturated carbocycles. The molecule has 0 radical (unpaired) electrons. The van der Waals surface area contributed by atoms with Crippen molar-refractivity contribution in [2.75, 3.05) is 41.4 Å². The van der Waals surface area contributed by atoms with Crippen molar-refractivity contribution in [1.29, 1.82) is 0 Å². The lowest BCUT2D eigenvalue weighted by atomic mass is 9.96. The summed E-state index contributed by atoms with van der Waals surface area (Å²) >= 11 is 0. The van der Waals surface area contributed by atoms with E-state index < -0.39 is 17.7 Å². The van der Waals surface area contributed by atoms with Crippen LogP contribution in [0.4, 0.5) is 0 Å². The third-order valence-corrected chi connectivity index (χ3v) is 4.99. The summed E-state index contributed by atoms with van der Waals surface area (Å²) in [4.78, 5) is 33.4. The minimum Gasteiger partial charge on any atom is -0.507 e. The van der Waals surface area contributed by atoms with E-state index in [4.69, 9.17) is 9.47 Å². The van der Waals surface area contributed by atoms with Gasteiger partial charge in [0.05, 0.1) is 31.4 Å². The third-order valence-electron chi connectivity index (χ3n) is 4.99. The predicted molar refractivity (Wildman–Crippen MR) is 111 cm³/mol. The summed E-state index contributed by atoms with van der Waals surface area (Å²) < 4.78 is 10.6. The Hall–Kier alpha value is -3.39. The molecular weight excluding hydrogens is 386 g/mol. The summed E-state index contributed by atoms with van der Waals surface area (Å²) in [6, 6.07) is 7.64. The average molecular weight is 411 g/mol. The molecule has 1 aliphatic heterocycles. The number of likely N-dealkylation sites (N-methyl/N-ethyl adjacent to an activating group) is 1. The number of pyridine rings is 1. The van der Waals surface area contributed by atoms with E-state index in [0.29, 0.717) is 30.2 Å². The van der Waals surface area contributed by atoms with Crippen LogP contribution in [-0.4, -0.2) is 73.0 Å². The molecule has 1 fully saturated rings. The van der Waals surface area contributed by atoms with Crippen LogP contribution in [-0.2, 0) is 9.59 Å². The monoisotopic (exact) mass is 411 g/mol. The zero-order valence-corrected chi connectivity index (χ0v) is 17.5. The van der Waals surface area contributed by atoms with Gasteiger partial charge in [-0.05, 0) is 43.9 Å². The molecule has 1 aliphatic rings. The number of hydrogen-bond acceptors (Lipinski definition) is 7. The first-order valence-electron chi connectivity index (χ1n) is 9.44. The minimum atomic E-state index is -0.755. The fourth-order valence-corrected chi connectivity index (χ4v) is 3.45. The summed E-state index contributed by atoms with van der Waals surface area (Å²) in [7, 11) is 6.74. The van der Waals surface area contributed by atoms with Crippen molar-refractivity contribution in [3.8, 4) is 11.5 Å². The summed E-state index contributed by atoms with van der Waals surface area (Å²) in [5.41, 5.74) is 0.911. The molecule has 1 N–H and O–H groups in total. The third kappa shape index (κ3) is 3.99. The lowest BCUT2D eigenvalue weighted by molar-refractivity contribution is -0.140. The molecule has 1 atom stereocenters. The van der Waals surface area contributed by atoms with Crippen molar-refractivity contribution in [3.63, 3.8) is 0 Å². The van der Waals surface area contributed by atoms with Gasteiger partial charge in [0.15, 0.2) is 0 Å². The van der Waals surface area contributed by atoms with E-state index in [9.17, 15) is 14.7 Å². The highest BCUT2D eigenvalue weighted by atomic mass is 16.5. The number of amides is 1. The largest absolute Gasteiger partial charge is 0.507 e. The first-order valence-corrected chi connectivity index (χ1v) is 9.44. The summed E-state index contributed by atoms with van der Waals surface area (Å²) in [6.07, 6.45) is 3.20. The maximum atomic E-state index is 13.0. The zero-order chi connectivity index (χ0) is 21.8. The number of ketones is 1. The van der Waals surface area contributed by atoms with Gasteiger partial charge in [-0.15, -0.1) is 0 Å². The lowest BCUT2D eigenvalue weighted by Gasteiger charge is -2.26. The summed E-state index contributed by atoms with van der Waals surface area (Å²) in [5, 5.41) is 11.2. The Kier molecular flexibility index (Phi) is 6.37. The summed E-state index contributed by atoms with van der Waals surface area (Å²) in [6.45, 7) is 0.884. The molecular formula is C22H25N3O5. The molecule has 2 aromatic rings. The van der Waals surface area contributed by atoms with Crippen LogP contribution in [0, 0.1) is 0 Å². The number of Topliss-reactive ketones (excluding diaryl/α,β-unsaturated/α-hetero) is 1. The molecule has 1 amide bonds. The molecule has 0 bridgehead atoms. The highest BCUT2D eigenvalue weighted by molar-refractivity contribution is 6.46. The molecule has 8 nitrogen and oxygen atoms in total. The number of hydrogen-bond donors (Lipinski definition) is 1. The number of methoxy groups -OCH3 is 2. The van der Waals surface area contributed by atoms with Crippen molar-refractivity contribution in [1.82, 2.24) is 14.8 Å². The van der Waals surface area contributed by atoms with Crippen LogP contribution in [0.15, 0.2) is 48.3 Å². The topological polar surface area (TPSA) is 92.2 Å². The van der Waals surface area contributed by atoms with Gasteiger partial charge in [-0.3, -0.25) is 14.6 Å². The number of carbonyl (C=O) groups is 2. The molecule has 30 heavy (non-hydrogen) atoms. The molecule has 1 aromatic carbocycles. The second-order valence-electron chi connectivity index (χ2n) is 7.15. The molecule has 0 aliphatic carbocycles. The van der Waals surface area contributed by atoms with Crippen LogP contribution in [0.3, 0.4) is 0 Å². The van der Waals surface area contributed by atoms with E-state index in [0.717, 1.165) is 0 Å². The highest BCUT2D eigenvalue weighted by Gasteiger charge is 2.46. The van der Waals surface area contributed by atoms with Gasteiger partial charge in [0.25, 0.3) is 11.7 Å². The van der Waals surface area contributed by atoms with Gasteiger partial charge in [0.1, 0.15) is 17.3 Å². The molecule has 1 unspecified atom stereocenters. The number of aliphatic hydroxyl groups is 1. The van der Waals surface area contributed by atoms with Crippen LogP contribution >= 0.6 is 0 Å². The standard InChI is InChI=1S/C22H25N3O5/c1-24(2)10-11-25-19(14-6-5-9-23-13-14)18(21(27)22(25)28)20(26)16-12-15(29-3)7-8-17(16)30-4/h5-9,12-13,19,26H,10-11H2,1-4H3/b20-18+. The second-order valence-corrected chi connectivity index (χ2v) is 7.15. The molecule has 3 rings (SSSR count). The maximum Gasteiger partial charge on any atom is 0.295 e. The van der Waals surface area contributed by atoms with Gasteiger partial charge < -0.3 is 24.4 Å². The quantitative estimate of drug-likeness (QED) is 0.424. The second kappa shape index (κ2) is 8.96. The maximum absolute atomic E-state index is 13.0. The number of ether oxygens (including phenoxy) is 2. The molecule has 8 heteroatoms. The number of likely N-dealkylation sites (tertiary alicyclic amines) is 1. The van der Waals surface area contributed by atoms with Gasteiger partial charge in [-0.2, -0.15) is 0 Å². The van der Waals surface area contributed by atoms with Gasteiger partial charge in [-0.25, -0.2) is 0 Å². The van der Waals surface area contributed by atoms with Crippen LogP contribution in [0.2, 0.25) is 0 Å². The van der Waals surface area contributed by atoms with E-state index in [2.05, 4.69) is 4.98 Å². The van der Waals surface area contributed by atoms with Crippen molar-refractivity contribution in [3.05, 3.63) is 59.4 Å².